The number of rotatable bonds is 6. The van der Waals surface area contributed by atoms with Crippen LogP contribution in [0.2, 0.25) is 0 Å². The van der Waals surface area contributed by atoms with Crippen LogP contribution in [0.5, 0.6) is 0 Å². The van der Waals surface area contributed by atoms with E-state index >= 15 is 0 Å². The van der Waals surface area contributed by atoms with Gasteiger partial charge in [-0.2, -0.15) is 0 Å². The number of likely N-dealkylation sites (tertiary alicyclic amines) is 1. The summed E-state index contributed by atoms with van der Waals surface area (Å²) in [4.78, 5) is 27.2. The van der Waals surface area contributed by atoms with E-state index in [1.165, 1.54) is 61.3 Å². The number of halogens is 1. The number of nitrogens with two attached hydrogens (primary N) is 1. The van der Waals surface area contributed by atoms with E-state index in [1.54, 1.807) is 12.2 Å². The van der Waals surface area contributed by atoms with Gasteiger partial charge in [-0.3, -0.25) is 18.9 Å². The van der Waals surface area contributed by atoms with Gasteiger partial charge in [0.25, 0.3) is 0 Å². The van der Waals surface area contributed by atoms with E-state index < -0.39 is 7.15 Å². The third kappa shape index (κ3) is 10.1. The van der Waals surface area contributed by atoms with Gasteiger partial charge in [-0.15, -0.1) is 0 Å². The number of ketones is 2. The zero-order chi connectivity index (χ0) is 41.6. The zero-order valence-electron chi connectivity index (χ0n) is 34.0. The highest BCUT2D eigenvalue weighted by molar-refractivity contribution is 6.05. The molecule has 0 aromatic heterocycles. The van der Waals surface area contributed by atoms with E-state index in [1.807, 2.05) is 48.6 Å². The summed E-state index contributed by atoms with van der Waals surface area (Å²) in [7, 11) is 2.66. The molecule has 5 heteroatoms. The van der Waals surface area contributed by atoms with Crippen LogP contribution in [0.25, 0.3) is 55.2 Å². The molecule has 1 aliphatic heterocycles. The van der Waals surface area contributed by atoms with Crippen LogP contribution in [0.4, 0.5) is 4.39 Å². The normalized spacial score (nSPS) is 15.7. The summed E-state index contributed by atoms with van der Waals surface area (Å²) < 4.78 is 15.5. The Balaban J connectivity index is 0.000000180. The molecule has 0 saturated carbocycles. The molecule has 4 nitrogen and oxygen atoms in total. The fraction of sp³-hybridized carbons (Fsp3) is 0.132. The van der Waals surface area contributed by atoms with Crippen molar-refractivity contribution in [3.63, 3.8) is 0 Å². The Morgan fingerprint density at radius 2 is 0.862 bits per heavy atom. The molecule has 58 heavy (non-hydrogen) atoms. The molecule has 9 rings (SSSR count). The van der Waals surface area contributed by atoms with Crippen molar-refractivity contribution in [2.75, 3.05) is 21.2 Å². The molecule has 0 radical (unpaired) electrons. The number of nitrogens with zero attached hydrogens (tertiary/aromatic N) is 1. The smallest absolute Gasteiger partial charge is 0.178 e. The topological polar surface area (TPSA) is 63.4 Å². The Kier molecular flexibility index (Phi) is 13.7. The zero-order valence-corrected chi connectivity index (χ0v) is 33.0. The molecular weight excluding hydrogens is 716 g/mol. The number of allylic oxidation sites excluding steroid dienone is 2. The Morgan fingerprint density at radius 3 is 1.22 bits per heavy atom. The number of hydrogen-bond acceptors (Lipinski definition) is 4. The van der Waals surface area contributed by atoms with E-state index in [4.69, 9.17) is 1.37 Å². The quantitative estimate of drug-likeness (QED) is 0.171. The van der Waals surface area contributed by atoms with Crippen molar-refractivity contribution in [2.24, 2.45) is 5.73 Å². The van der Waals surface area contributed by atoms with Gasteiger partial charge in [0, 0.05) is 24.9 Å². The van der Waals surface area contributed by atoms with E-state index in [0.29, 0.717) is 18.6 Å². The number of hydrogen-bond donors (Lipinski definition) is 1. The number of alkyl halides is 1. The van der Waals surface area contributed by atoms with Gasteiger partial charge in [0.1, 0.15) is 5.78 Å². The van der Waals surface area contributed by atoms with Crippen LogP contribution in [0, 0.1) is 0 Å². The lowest BCUT2D eigenvalue weighted by Crippen LogP contribution is -2.37. The number of piperidine rings is 1. The molecule has 1 fully saturated rings. The van der Waals surface area contributed by atoms with E-state index in [0.717, 1.165) is 11.1 Å². The van der Waals surface area contributed by atoms with Gasteiger partial charge in [0.15, 0.2) is 5.78 Å². The lowest BCUT2D eigenvalue weighted by molar-refractivity contribution is -0.125. The second-order valence-electron chi connectivity index (χ2n) is 14.1. The van der Waals surface area contributed by atoms with E-state index in [9.17, 15) is 14.0 Å². The maximum absolute atomic E-state index is 12.7. The fourth-order valence-electron chi connectivity index (χ4n) is 7.59. The average molecular weight is 766 g/mol. The Hall–Kier alpha value is -6.53. The van der Waals surface area contributed by atoms with Gasteiger partial charge in [-0.25, -0.2) is 0 Å². The first kappa shape index (κ1) is 39.7. The van der Waals surface area contributed by atoms with Gasteiger partial charge >= 0.3 is 0 Å². The molecule has 2 unspecified atom stereocenters. The van der Waals surface area contributed by atoms with Crippen molar-refractivity contribution in [2.45, 2.75) is 24.9 Å². The molecule has 1 aliphatic rings. The standard InChI is InChI=1S/C26H23NO.C25H18O.CH3F.CH5N/c1-27-25(22-12-10-18-6-2-4-8-20(18)14-22)16-24(28)17-26(27)23-13-11-19-7-3-5-9-21(19)15-23;26-25(15-11-19-9-13-21-5-1-3-7-23(21)17-19)16-12-20-10-14-22-6-2-4-8-24(22)18-20;2*1-2/h2-15,25-26H,16-17H2,1H3;1-18H;1H3;2H2,1H3/b;15-11+,16-12+;;/i;;1D;. The van der Waals surface area contributed by atoms with Crippen LogP contribution in [-0.4, -0.2) is 37.7 Å². The molecule has 8 aromatic carbocycles. The minimum atomic E-state index is -1.00. The van der Waals surface area contributed by atoms with Gasteiger partial charge < -0.3 is 5.73 Å². The minimum absolute atomic E-state index is 0.0219. The predicted octanol–water partition coefficient (Wildman–Crippen LogP) is 12.5. The number of carbonyl (C=O) groups is 2. The lowest BCUT2D eigenvalue weighted by Gasteiger charge is -2.39. The summed E-state index contributed by atoms with van der Waals surface area (Å²) in [6.45, 7) is 0. The maximum Gasteiger partial charge on any atom is 0.178 e. The molecule has 1 saturated heterocycles. The van der Waals surface area contributed by atoms with Crippen LogP contribution in [0.15, 0.2) is 182 Å². The van der Waals surface area contributed by atoms with Crippen molar-refractivity contribution in [3.05, 3.63) is 204 Å². The van der Waals surface area contributed by atoms with Gasteiger partial charge in [-0.1, -0.05) is 158 Å². The largest absolute Gasteiger partial charge is 0.333 e. The van der Waals surface area contributed by atoms with Crippen molar-refractivity contribution in [1.82, 2.24) is 4.90 Å². The van der Waals surface area contributed by atoms with Crippen molar-refractivity contribution in [1.29, 1.82) is 0 Å². The second-order valence-corrected chi connectivity index (χ2v) is 14.1. The molecule has 1 heterocycles. The first-order valence-corrected chi connectivity index (χ1v) is 19.4. The Bertz CT molecular complexity index is 2560. The second kappa shape index (κ2) is 20.1. The predicted molar refractivity (Wildman–Crippen MR) is 243 cm³/mol. The van der Waals surface area contributed by atoms with Gasteiger partial charge in [0.05, 0.1) is 8.52 Å². The van der Waals surface area contributed by atoms with Crippen LogP contribution in [0.3, 0.4) is 0 Å². The highest BCUT2D eigenvalue weighted by Crippen LogP contribution is 2.40. The number of Topliss-reactive ketones (excluding diaryl/α,β-unsaturated/α-hetero) is 1. The summed E-state index contributed by atoms with van der Waals surface area (Å²) in [6, 6.07) is 59.0. The van der Waals surface area contributed by atoms with Crippen molar-refractivity contribution in [3.8, 4) is 0 Å². The number of fused-ring (bicyclic) bond motifs is 4. The molecule has 8 aromatic rings. The number of benzene rings is 8. The summed E-state index contributed by atoms with van der Waals surface area (Å²) in [5, 5.41) is 9.69. The minimum Gasteiger partial charge on any atom is -0.333 e. The number of carbonyl (C=O) groups excluding carboxylic acids is 2. The molecule has 0 amide bonds. The molecule has 0 bridgehead atoms. The van der Waals surface area contributed by atoms with Crippen LogP contribution in [-0.2, 0) is 9.59 Å². The molecule has 0 spiro atoms. The van der Waals surface area contributed by atoms with Gasteiger partial charge in [-0.05, 0) is 116 Å². The highest BCUT2D eigenvalue weighted by atomic mass is 19.1. The molecule has 2 atom stereocenters. The third-order valence-corrected chi connectivity index (χ3v) is 10.6. The maximum atomic E-state index is 12.7. The van der Waals surface area contributed by atoms with E-state index in [-0.39, 0.29) is 17.9 Å². The summed E-state index contributed by atoms with van der Waals surface area (Å²) >= 11 is 0. The monoisotopic (exact) mass is 765 g/mol. The Labute approximate surface area is 342 Å². The van der Waals surface area contributed by atoms with Crippen LogP contribution < -0.4 is 5.73 Å². The fourth-order valence-corrected chi connectivity index (χ4v) is 7.59. The first-order valence-electron chi connectivity index (χ1n) is 20.1. The van der Waals surface area contributed by atoms with Crippen molar-refractivity contribution >= 4 is 66.8 Å². The Morgan fingerprint density at radius 1 is 0.552 bits per heavy atom. The van der Waals surface area contributed by atoms with Crippen LogP contribution >= 0.6 is 0 Å². The average Bonchev–Trinajstić information content (AvgIpc) is 3.29. The molecule has 0 aliphatic carbocycles. The van der Waals surface area contributed by atoms with Crippen molar-refractivity contribution < 1.29 is 15.4 Å². The van der Waals surface area contributed by atoms with Crippen LogP contribution in [0.1, 0.15) is 48.5 Å². The van der Waals surface area contributed by atoms with Gasteiger partial charge in [0.2, 0.25) is 0 Å². The highest BCUT2D eigenvalue weighted by Gasteiger charge is 2.34. The third-order valence-electron chi connectivity index (χ3n) is 10.6. The SMILES string of the molecule is CN.CN1C(c2ccc3ccccc3c2)CC(=O)CC1c1ccc2ccccc2c1.O=C(/C=C/c1ccc2ccccc2c1)/C=C/c1ccc2ccccc2c1.[2H]CF. The summed E-state index contributed by atoms with van der Waals surface area (Å²) in [5.41, 5.74) is 8.99. The lowest BCUT2D eigenvalue weighted by atomic mass is 9.86. The van der Waals surface area contributed by atoms with E-state index in [2.05, 4.69) is 151 Å². The molecule has 2 N–H and O–H groups in total. The summed E-state index contributed by atoms with van der Waals surface area (Å²) in [5.74, 6) is 0.320. The molecule has 290 valence electrons. The summed E-state index contributed by atoms with van der Waals surface area (Å²) in [6.07, 6.45) is 8.11. The molecular formula is C53H49FN2O2. The first-order chi connectivity index (χ1) is 28.9.